The van der Waals surface area contributed by atoms with E-state index in [1.54, 1.807) is 24.4 Å². The summed E-state index contributed by atoms with van der Waals surface area (Å²) < 4.78 is 13.3. The Labute approximate surface area is 119 Å². The molecule has 3 nitrogen and oxygen atoms in total. The summed E-state index contributed by atoms with van der Waals surface area (Å²) in [5.74, 6) is -0.0168. The lowest BCUT2D eigenvalue weighted by molar-refractivity contribution is 0.425. The van der Waals surface area contributed by atoms with Gasteiger partial charge in [0.15, 0.2) is 0 Å². The lowest BCUT2D eigenvalue weighted by atomic mass is 9.79. The third-order valence-corrected chi connectivity index (χ3v) is 3.60. The molecule has 0 fully saturated rings. The average molecular weight is 298 g/mol. The summed E-state index contributed by atoms with van der Waals surface area (Å²) in [5.41, 5.74) is 0.796. The molecule has 0 bridgehead atoms. The van der Waals surface area contributed by atoms with Crippen LogP contribution < -0.4 is 5.46 Å². The Balaban J connectivity index is 2.08. The third kappa shape index (κ3) is 4.21. The van der Waals surface area contributed by atoms with Crippen LogP contribution in [0.5, 0.6) is 0 Å². The standard InChI is InChI=1S/C12H10BClFNO2S/c14-10-1-2-12(16-6-10)19-7-8-3-9(13(17)18)5-11(15)4-8/h1-6,17-18H,7H2. The molecule has 0 aliphatic carbocycles. The zero-order chi connectivity index (χ0) is 13.8. The van der Waals surface area contributed by atoms with Gasteiger partial charge >= 0.3 is 7.12 Å². The Morgan fingerprint density at radius 1 is 1.26 bits per heavy atom. The quantitative estimate of drug-likeness (QED) is 0.668. The number of rotatable bonds is 4. The van der Waals surface area contributed by atoms with Crippen LogP contribution in [0.3, 0.4) is 0 Å². The van der Waals surface area contributed by atoms with Crippen LogP contribution in [-0.4, -0.2) is 22.2 Å². The minimum Gasteiger partial charge on any atom is -0.423 e. The highest BCUT2D eigenvalue weighted by atomic mass is 35.5. The topological polar surface area (TPSA) is 53.4 Å². The Morgan fingerprint density at radius 3 is 2.68 bits per heavy atom. The number of halogens is 2. The molecular weight excluding hydrogens is 287 g/mol. The van der Waals surface area contributed by atoms with E-state index in [4.69, 9.17) is 21.6 Å². The van der Waals surface area contributed by atoms with Gasteiger partial charge in [-0.05, 0) is 35.3 Å². The van der Waals surface area contributed by atoms with Crippen molar-refractivity contribution in [2.75, 3.05) is 0 Å². The summed E-state index contributed by atoms with van der Waals surface area (Å²) >= 11 is 7.14. The van der Waals surface area contributed by atoms with Crippen molar-refractivity contribution in [2.24, 2.45) is 0 Å². The maximum absolute atomic E-state index is 13.3. The van der Waals surface area contributed by atoms with Crippen LogP contribution in [0.25, 0.3) is 0 Å². The number of hydrogen-bond acceptors (Lipinski definition) is 4. The molecule has 0 spiro atoms. The van der Waals surface area contributed by atoms with Crippen molar-refractivity contribution in [1.82, 2.24) is 4.98 Å². The summed E-state index contributed by atoms with van der Waals surface area (Å²) in [4.78, 5) is 4.11. The lowest BCUT2D eigenvalue weighted by Gasteiger charge is -2.05. The Kier molecular flexibility index (Phi) is 4.82. The molecule has 0 aliphatic rings. The maximum Gasteiger partial charge on any atom is 0.488 e. The fourth-order valence-electron chi connectivity index (χ4n) is 1.51. The molecule has 0 aliphatic heterocycles. The van der Waals surface area contributed by atoms with Gasteiger partial charge in [0.25, 0.3) is 0 Å². The predicted molar refractivity (Wildman–Crippen MR) is 75.0 cm³/mol. The largest absolute Gasteiger partial charge is 0.488 e. The van der Waals surface area contributed by atoms with Gasteiger partial charge in [0, 0.05) is 11.9 Å². The summed E-state index contributed by atoms with van der Waals surface area (Å²) in [6, 6.07) is 7.50. The van der Waals surface area contributed by atoms with E-state index >= 15 is 0 Å². The third-order valence-electron chi connectivity index (χ3n) is 2.37. The van der Waals surface area contributed by atoms with Gasteiger partial charge in [0.2, 0.25) is 0 Å². The minimum atomic E-state index is -1.67. The highest BCUT2D eigenvalue weighted by Crippen LogP contribution is 2.21. The van der Waals surface area contributed by atoms with Crippen LogP contribution >= 0.6 is 23.4 Å². The van der Waals surface area contributed by atoms with Crippen molar-refractivity contribution in [3.63, 3.8) is 0 Å². The first kappa shape index (κ1) is 14.3. The molecule has 1 aromatic heterocycles. The van der Waals surface area contributed by atoms with Gasteiger partial charge in [0.05, 0.1) is 10.0 Å². The molecule has 2 N–H and O–H groups in total. The molecule has 0 atom stereocenters. The van der Waals surface area contributed by atoms with Crippen LogP contribution in [-0.2, 0) is 5.75 Å². The van der Waals surface area contributed by atoms with E-state index in [2.05, 4.69) is 4.98 Å². The number of aromatic nitrogens is 1. The molecule has 0 unspecified atom stereocenters. The van der Waals surface area contributed by atoms with E-state index in [1.165, 1.54) is 17.8 Å². The number of hydrogen-bond donors (Lipinski definition) is 2. The van der Waals surface area contributed by atoms with Crippen LogP contribution in [0.15, 0.2) is 41.6 Å². The van der Waals surface area contributed by atoms with Crippen LogP contribution in [0.1, 0.15) is 5.56 Å². The highest BCUT2D eigenvalue weighted by molar-refractivity contribution is 7.98. The van der Waals surface area contributed by atoms with Gasteiger partial charge in [-0.15, -0.1) is 11.8 Å². The second kappa shape index (κ2) is 6.39. The molecule has 2 aromatic rings. The van der Waals surface area contributed by atoms with E-state index < -0.39 is 12.9 Å². The van der Waals surface area contributed by atoms with E-state index in [-0.39, 0.29) is 5.46 Å². The molecule has 0 amide bonds. The van der Waals surface area contributed by atoms with Crippen molar-refractivity contribution in [2.45, 2.75) is 10.8 Å². The van der Waals surface area contributed by atoms with Crippen molar-refractivity contribution < 1.29 is 14.4 Å². The van der Waals surface area contributed by atoms with Crippen molar-refractivity contribution in [3.05, 3.63) is 52.9 Å². The second-order valence-electron chi connectivity index (χ2n) is 3.87. The normalized spacial score (nSPS) is 10.5. The number of thioether (sulfide) groups is 1. The Bertz CT molecular complexity index is 568. The van der Waals surface area contributed by atoms with E-state index in [9.17, 15) is 4.39 Å². The molecule has 98 valence electrons. The van der Waals surface area contributed by atoms with Crippen LogP contribution in [0, 0.1) is 5.82 Å². The Morgan fingerprint density at radius 2 is 2.05 bits per heavy atom. The van der Waals surface area contributed by atoms with Gasteiger partial charge in [-0.1, -0.05) is 17.7 Å². The fourth-order valence-corrected chi connectivity index (χ4v) is 2.40. The van der Waals surface area contributed by atoms with E-state index in [0.717, 1.165) is 11.1 Å². The maximum atomic E-state index is 13.3. The summed E-state index contributed by atoms with van der Waals surface area (Å²) in [7, 11) is -1.67. The summed E-state index contributed by atoms with van der Waals surface area (Å²) in [6.45, 7) is 0. The van der Waals surface area contributed by atoms with Crippen molar-refractivity contribution in [3.8, 4) is 0 Å². The minimum absolute atomic E-state index is 0.139. The van der Waals surface area contributed by atoms with Gasteiger partial charge in [-0.2, -0.15) is 0 Å². The molecule has 1 aromatic carbocycles. The molecule has 1 heterocycles. The molecular formula is C12H10BClFNO2S. The first-order valence-electron chi connectivity index (χ1n) is 5.44. The van der Waals surface area contributed by atoms with Gasteiger partial charge < -0.3 is 10.0 Å². The first-order chi connectivity index (χ1) is 9.04. The van der Waals surface area contributed by atoms with Crippen LogP contribution in [0.4, 0.5) is 4.39 Å². The predicted octanol–water partition coefficient (Wildman–Crippen LogP) is 1.85. The number of pyridine rings is 1. The smallest absolute Gasteiger partial charge is 0.423 e. The van der Waals surface area contributed by atoms with Crippen LogP contribution in [0.2, 0.25) is 5.02 Å². The molecule has 19 heavy (non-hydrogen) atoms. The highest BCUT2D eigenvalue weighted by Gasteiger charge is 2.13. The zero-order valence-electron chi connectivity index (χ0n) is 9.75. The number of nitrogens with zero attached hydrogens (tertiary/aromatic N) is 1. The zero-order valence-corrected chi connectivity index (χ0v) is 11.3. The summed E-state index contributed by atoms with van der Waals surface area (Å²) in [6.07, 6.45) is 1.54. The second-order valence-corrected chi connectivity index (χ2v) is 5.30. The molecule has 0 saturated heterocycles. The Hall–Kier alpha value is -1.08. The molecule has 0 radical (unpaired) electrons. The molecule has 7 heteroatoms. The molecule has 2 rings (SSSR count). The average Bonchev–Trinajstić information content (AvgIpc) is 2.37. The van der Waals surface area contributed by atoms with Gasteiger partial charge in [0.1, 0.15) is 5.82 Å². The van der Waals surface area contributed by atoms with Crippen molar-refractivity contribution in [1.29, 1.82) is 0 Å². The van der Waals surface area contributed by atoms with Crippen molar-refractivity contribution >= 4 is 35.9 Å². The van der Waals surface area contributed by atoms with Gasteiger partial charge in [-0.25, -0.2) is 9.37 Å². The molecule has 0 saturated carbocycles. The lowest BCUT2D eigenvalue weighted by Crippen LogP contribution is -2.30. The van der Waals surface area contributed by atoms with E-state index in [0.29, 0.717) is 16.3 Å². The van der Waals surface area contributed by atoms with E-state index in [1.807, 2.05) is 0 Å². The summed E-state index contributed by atoms with van der Waals surface area (Å²) in [5, 5.41) is 19.4. The number of benzene rings is 1. The van der Waals surface area contributed by atoms with Gasteiger partial charge in [-0.3, -0.25) is 0 Å². The SMILES string of the molecule is OB(O)c1cc(F)cc(CSc2ccc(Cl)cn2)c1. The monoisotopic (exact) mass is 297 g/mol. The first-order valence-corrected chi connectivity index (χ1v) is 6.81. The fraction of sp³-hybridized carbons (Fsp3) is 0.0833.